The number of rotatable bonds is 4. The van der Waals surface area contributed by atoms with Gasteiger partial charge in [0.05, 0.1) is 19.8 Å². The van der Waals surface area contributed by atoms with Crippen LogP contribution in [0.4, 0.5) is 11.6 Å². The van der Waals surface area contributed by atoms with Crippen molar-refractivity contribution in [2.75, 3.05) is 5.32 Å². The van der Waals surface area contributed by atoms with Crippen LogP contribution in [0, 0.1) is 0 Å². The van der Waals surface area contributed by atoms with E-state index in [2.05, 4.69) is 15.3 Å². The third-order valence-corrected chi connectivity index (χ3v) is 5.10. The SMILES string of the molecule is NS(=O)(=O)c1ccc(Nc2nccc(-c3ccc(Cl)s3)n2)cc1. The Labute approximate surface area is 142 Å². The molecule has 0 aliphatic carbocycles. The summed E-state index contributed by atoms with van der Waals surface area (Å²) >= 11 is 7.36. The fourth-order valence-corrected chi connectivity index (χ4v) is 3.39. The summed E-state index contributed by atoms with van der Waals surface area (Å²) in [6.07, 6.45) is 1.64. The van der Waals surface area contributed by atoms with Crippen molar-refractivity contribution in [1.82, 2.24) is 9.97 Å². The van der Waals surface area contributed by atoms with Crippen molar-refractivity contribution in [2.45, 2.75) is 4.90 Å². The van der Waals surface area contributed by atoms with Crippen LogP contribution in [-0.2, 0) is 10.0 Å². The van der Waals surface area contributed by atoms with Crippen molar-refractivity contribution in [3.63, 3.8) is 0 Å². The first-order chi connectivity index (χ1) is 10.9. The molecule has 0 radical (unpaired) electrons. The largest absolute Gasteiger partial charge is 0.324 e. The standard InChI is InChI=1S/C14H11ClN4O2S2/c15-13-6-5-12(22-13)11-7-8-17-14(19-11)18-9-1-3-10(4-2-9)23(16,20)21/h1-8H,(H2,16,20,21)(H,17,18,19). The minimum Gasteiger partial charge on any atom is -0.324 e. The maximum absolute atomic E-state index is 11.2. The Morgan fingerprint density at radius 1 is 1.09 bits per heavy atom. The molecule has 2 aromatic heterocycles. The zero-order chi connectivity index (χ0) is 16.4. The zero-order valence-electron chi connectivity index (χ0n) is 11.6. The Morgan fingerprint density at radius 3 is 2.43 bits per heavy atom. The van der Waals surface area contributed by atoms with Crippen molar-refractivity contribution in [3.8, 4) is 10.6 Å². The fourth-order valence-electron chi connectivity index (χ4n) is 1.87. The molecule has 3 aromatic rings. The quantitative estimate of drug-likeness (QED) is 0.738. The summed E-state index contributed by atoms with van der Waals surface area (Å²) < 4.78 is 23.1. The topological polar surface area (TPSA) is 98.0 Å². The van der Waals surface area contributed by atoms with Crippen molar-refractivity contribution >= 4 is 44.6 Å². The zero-order valence-corrected chi connectivity index (χ0v) is 14.0. The van der Waals surface area contributed by atoms with Gasteiger partial charge in [0.25, 0.3) is 0 Å². The van der Waals surface area contributed by atoms with Gasteiger partial charge in [0.2, 0.25) is 16.0 Å². The van der Waals surface area contributed by atoms with Crippen LogP contribution in [0.3, 0.4) is 0 Å². The van der Waals surface area contributed by atoms with Crippen LogP contribution in [0.25, 0.3) is 10.6 Å². The average Bonchev–Trinajstić information content (AvgIpc) is 2.94. The average molecular weight is 367 g/mol. The molecule has 0 unspecified atom stereocenters. The van der Waals surface area contributed by atoms with E-state index in [4.69, 9.17) is 16.7 Å². The van der Waals surface area contributed by atoms with Gasteiger partial charge in [0.15, 0.2) is 0 Å². The lowest BCUT2D eigenvalue weighted by Crippen LogP contribution is -2.11. The number of aromatic nitrogens is 2. The van der Waals surface area contributed by atoms with Gasteiger partial charge in [-0.2, -0.15) is 0 Å². The van der Waals surface area contributed by atoms with Crippen LogP contribution in [0.1, 0.15) is 0 Å². The lowest BCUT2D eigenvalue weighted by atomic mass is 10.3. The maximum Gasteiger partial charge on any atom is 0.238 e. The molecule has 0 aliphatic heterocycles. The van der Waals surface area contributed by atoms with Gasteiger partial charge in [-0.15, -0.1) is 11.3 Å². The van der Waals surface area contributed by atoms with E-state index in [0.717, 1.165) is 10.6 Å². The second-order valence-electron chi connectivity index (χ2n) is 4.56. The van der Waals surface area contributed by atoms with E-state index < -0.39 is 10.0 Å². The van der Waals surface area contributed by atoms with Crippen molar-refractivity contribution in [2.24, 2.45) is 5.14 Å². The van der Waals surface area contributed by atoms with Crippen LogP contribution in [0.5, 0.6) is 0 Å². The minimum atomic E-state index is -3.70. The van der Waals surface area contributed by atoms with Gasteiger partial charge < -0.3 is 5.32 Å². The Morgan fingerprint density at radius 2 is 1.83 bits per heavy atom. The molecule has 3 N–H and O–H groups in total. The van der Waals surface area contributed by atoms with E-state index in [1.54, 1.807) is 24.4 Å². The number of nitrogens with zero attached hydrogens (tertiary/aromatic N) is 2. The summed E-state index contributed by atoms with van der Waals surface area (Å²) in [5.41, 5.74) is 1.40. The van der Waals surface area contributed by atoms with Crippen LogP contribution >= 0.6 is 22.9 Å². The van der Waals surface area contributed by atoms with E-state index >= 15 is 0 Å². The third-order valence-electron chi connectivity index (χ3n) is 2.92. The van der Waals surface area contributed by atoms with Crippen LogP contribution < -0.4 is 10.5 Å². The van der Waals surface area contributed by atoms with Crippen molar-refractivity contribution in [3.05, 3.63) is 53.0 Å². The number of benzene rings is 1. The highest BCUT2D eigenvalue weighted by molar-refractivity contribution is 7.89. The molecule has 1 aromatic carbocycles. The molecule has 0 saturated heterocycles. The number of anilines is 2. The summed E-state index contributed by atoms with van der Waals surface area (Å²) in [7, 11) is -3.70. The third kappa shape index (κ3) is 3.85. The fraction of sp³-hybridized carbons (Fsp3) is 0. The van der Waals surface area contributed by atoms with Gasteiger partial charge in [-0.25, -0.2) is 23.5 Å². The summed E-state index contributed by atoms with van der Waals surface area (Å²) in [6.45, 7) is 0. The van der Waals surface area contributed by atoms with Gasteiger partial charge in [0.1, 0.15) is 0 Å². The number of thiophene rings is 1. The van der Waals surface area contributed by atoms with E-state index in [-0.39, 0.29) is 4.90 Å². The van der Waals surface area contributed by atoms with E-state index in [1.807, 2.05) is 12.1 Å². The second kappa shape index (κ2) is 6.25. The Kier molecular flexibility index (Phi) is 4.31. The molecule has 0 fully saturated rings. The van der Waals surface area contributed by atoms with Gasteiger partial charge in [-0.3, -0.25) is 0 Å². The van der Waals surface area contributed by atoms with E-state index in [1.165, 1.54) is 23.5 Å². The minimum absolute atomic E-state index is 0.0472. The monoisotopic (exact) mass is 366 g/mol. The molecule has 0 saturated carbocycles. The molecular weight excluding hydrogens is 356 g/mol. The molecule has 0 atom stereocenters. The first-order valence-electron chi connectivity index (χ1n) is 6.40. The number of hydrogen-bond acceptors (Lipinski definition) is 6. The van der Waals surface area contributed by atoms with Crippen molar-refractivity contribution < 1.29 is 8.42 Å². The van der Waals surface area contributed by atoms with Crippen LogP contribution in [0.2, 0.25) is 4.34 Å². The number of halogens is 1. The van der Waals surface area contributed by atoms with E-state index in [0.29, 0.717) is 16.0 Å². The number of nitrogens with one attached hydrogen (secondary N) is 1. The molecule has 2 heterocycles. The Balaban J connectivity index is 1.83. The Hall–Kier alpha value is -2.00. The molecule has 23 heavy (non-hydrogen) atoms. The smallest absolute Gasteiger partial charge is 0.238 e. The number of sulfonamides is 1. The number of primary sulfonamides is 1. The molecule has 0 amide bonds. The lowest BCUT2D eigenvalue weighted by molar-refractivity contribution is 0.598. The second-order valence-corrected chi connectivity index (χ2v) is 7.84. The molecule has 3 rings (SSSR count). The van der Waals surface area contributed by atoms with Crippen LogP contribution in [-0.4, -0.2) is 18.4 Å². The predicted octanol–water partition coefficient (Wildman–Crippen LogP) is 3.25. The normalized spacial score (nSPS) is 11.4. The summed E-state index contributed by atoms with van der Waals surface area (Å²) in [4.78, 5) is 9.54. The van der Waals surface area contributed by atoms with Crippen LogP contribution in [0.15, 0.2) is 53.6 Å². The molecule has 0 spiro atoms. The summed E-state index contributed by atoms with van der Waals surface area (Å²) in [5, 5.41) is 8.08. The highest BCUT2D eigenvalue weighted by atomic mass is 35.5. The Bertz CT molecular complexity index is 939. The van der Waals surface area contributed by atoms with Gasteiger partial charge in [-0.1, -0.05) is 11.6 Å². The van der Waals surface area contributed by atoms with E-state index in [9.17, 15) is 8.42 Å². The molecule has 0 bridgehead atoms. The first kappa shape index (κ1) is 15.9. The van der Waals surface area contributed by atoms with Gasteiger partial charge in [-0.05, 0) is 42.5 Å². The lowest BCUT2D eigenvalue weighted by Gasteiger charge is -2.06. The number of hydrogen-bond donors (Lipinski definition) is 2. The first-order valence-corrected chi connectivity index (χ1v) is 9.14. The molecule has 0 aliphatic rings. The predicted molar refractivity (Wildman–Crippen MR) is 91.5 cm³/mol. The maximum atomic E-state index is 11.2. The summed E-state index contributed by atoms with van der Waals surface area (Å²) in [6, 6.07) is 11.5. The molecule has 9 heteroatoms. The highest BCUT2D eigenvalue weighted by Crippen LogP contribution is 2.30. The molecular formula is C14H11ClN4O2S2. The highest BCUT2D eigenvalue weighted by Gasteiger charge is 2.08. The van der Waals surface area contributed by atoms with Gasteiger partial charge in [0, 0.05) is 11.9 Å². The molecule has 118 valence electrons. The van der Waals surface area contributed by atoms with Gasteiger partial charge >= 0.3 is 0 Å². The van der Waals surface area contributed by atoms with Crippen molar-refractivity contribution in [1.29, 1.82) is 0 Å². The molecule has 6 nitrogen and oxygen atoms in total. The summed E-state index contributed by atoms with van der Waals surface area (Å²) in [5.74, 6) is 0.398. The number of nitrogens with two attached hydrogens (primary N) is 1.